The topological polar surface area (TPSA) is 29.5 Å². The number of hydrogen-bond acceptors (Lipinski definition) is 2. The predicted octanol–water partition coefficient (Wildman–Crippen LogP) is 4.68. The van der Waals surface area contributed by atoms with Gasteiger partial charge < -0.3 is 9.84 Å². The SMILES string of the molecule is CC(C)=COCCc1cc(-c2ccc(C)cc2)ccc1CCO. The van der Waals surface area contributed by atoms with Gasteiger partial charge in [0.2, 0.25) is 0 Å². The Kier molecular flexibility index (Phi) is 6.42. The molecule has 0 bridgehead atoms. The van der Waals surface area contributed by atoms with Crippen molar-refractivity contribution in [3.8, 4) is 11.1 Å². The van der Waals surface area contributed by atoms with Gasteiger partial charge in [0, 0.05) is 13.0 Å². The van der Waals surface area contributed by atoms with Gasteiger partial charge in [-0.3, -0.25) is 0 Å². The first-order valence-electron chi connectivity index (χ1n) is 8.15. The van der Waals surface area contributed by atoms with Crippen LogP contribution >= 0.6 is 0 Å². The van der Waals surface area contributed by atoms with Crippen LogP contribution in [0.15, 0.2) is 54.3 Å². The molecule has 0 spiro atoms. The molecule has 0 fully saturated rings. The van der Waals surface area contributed by atoms with Crippen LogP contribution in [0.2, 0.25) is 0 Å². The molecule has 1 N–H and O–H groups in total. The third-order valence-electron chi connectivity index (χ3n) is 3.78. The molecule has 0 radical (unpaired) electrons. The van der Waals surface area contributed by atoms with Crippen LogP contribution in [-0.4, -0.2) is 18.3 Å². The standard InChI is InChI=1S/C21H26O2/c1-16(2)15-23-13-11-21-14-20(9-8-19(21)10-12-22)18-6-4-17(3)5-7-18/h4-9,14-15,22H,10-13H2,1-3H3. The minimum Gasteiger partial charge on any atom is -0.501 e. The maximum absolute atomic E-state index is 9.26. The van der Waals surface area contributed by atoms with E-state index in [-0.39, 0.29) is 6.61 Å². The fourth-order valence-electron chi connectivity index (χ4n) is 2.54. The second-order valence-electron chi connectivity index (χ2n) is 6.14. The Hall–Kier alpha value is -2.06. The zero-order valence-corrected chi connectivity index (χ0v) is 14.3. The highest BCUT2D eigenvalue weighted by molar-refractivity contribution is 5.65. The quantitative estimate of drug-likeness (QED) is 0.594. The van der Waals surface area contributed by atoms with Gasteiger partial charge in [0.25, 0.3) is 0 Å². The summed E-state index contributed by atoms with van der Waals surface area (Å²) in [6.07, 6.45) is 3.33. The van der Waals surface area contributed by atoms with Crippen molar-refractivity contribution in [1.29, 1.82) is 0 Å². The number of aliphatic hydroxyl groups is 1. The lowest BCUT2D eigenvalue weighted by atomic mass is 9.96. The maximum atomic E-state index is 9.26. The van der Waals surface area contributed by atoms with Crippen LogP contribution in [0.25, 0.3) is 11.1 Å². The van der Waals surface area contributed by atoms with E-state index in [9.17, 15) is 5.11 Å². The molecule has 0 saturated heterocycles. The summed E-state index contributed by atoms with van der Waals surface area (Å²) < 4.78 is 5.57. The van der Waals surface area contributed by atoms with Gasteiger partial charge in [-0.2, -0.15) is 0 Å². The van der Waals surface area contributed by atoms with Crippen molar-refractivity contribution in [2.24, 2.45) is 0 Å². The summed E-state index contributed by atoms with van der Waals surface area (Å²) >= 11 is 0. The molecule has 0 aliphatic heterocycles. The Morgan fingerprint density at radius 1 is 0.957 bits per heavy atom. The van der Waals surface area contributed by atoms with Crippen LogP contribution in [0.3, 0.4) is 0 Å². The van der Waals surface area contributed by atoms with Crippen LogP contribution < -0.4 is 0 Å². The summed E-state index contributed by atoms with van der Waals surface area (Å²) in [5, 5.41) is 9.26. The van der Waals surface area contributed by atoms with E-state index >= 15 is 0 Å². The van der Waals surface area contributed by atoms with Crippen LogP contribution in [0.4, 0.5) is 0 Å². The molecule has 2 heteroatoms. The number of aryl methyl sites for hydroxylation is 1. The zero-order chi connectivity index (χ0) is 16.7. The maximum Gasteiger partial charge on any atom is 0.0913 e. The third-order valence-corrected chi connectivity index (χ3v) is 3.78. The number of allylic oxidation sites excluding steroid dienone is 1. The van der Waals surface area contributed by atoms with Crippen molar-refractivity contribution in [3.63, 3.8) is 0 Å². The molecule has 2 aromatic carbocycles. The average Bonchev–Trinajstić information content (AvgIpc) is 2.53. The lowest BCUT2D eigenvalue weighted by molar-refractivity contribution is 0.250. The summed E-state index contributed by atoms with van der Waals surface area (Å²) in [5.41, 5.74) is 7.31. The van der Waals surface area contributed by atoms with E-state index < -0.39 is 0 Å². The van der Waals surface area contributed by atoms with Gasteiger partial charge in [-0.1, -0.05) is 48.0 Å². The van der Waals surface area contributed by atoms with Gasteiger partial charge in [-0.05, 0) is 55.0 Å². The van der Waals surface area contributed by atoms with E-state index in [4.69, 9.17) is 4.74 Å². The summed E-state index contributed by atoms with van der Waals surface area (Å²) in [5.74, 6) is 0. The molecule has 2 rings (SSSR count). The van der Waals surface area contributed by atoms with Crippen molar-refractivity contribution < 1.29 is 9.84 Å². The second kappa shape index (κ2) is 8.54. The van der Waals surface area contributed by atoms with Gasteiger partial charge in [-0.15, -0.1) is 0 Å². The highest BCUT2D eigenvalue weighted by Gasteiger charge is 2.06. The number of benzene rings is 2. The molecule has 2 aromatic rings. The molecule has 0 amide bonds. The molecule has 0 heterocycles. The fourth-order valence-corrected chi connectivity index (χ4v) is 2.54. The van der Waals surface area contributed by atoms with Gasteiger partial charge >= 0.3 is 0 Å². The molecule has 23 heavy (non-hydrogen) atoms. The number of hydrogen-bond donors (Lipinski definition) is 1. The van der Waals surface area contributed by atoms with Gasteiger partial charge in [0.1, 0.15) is 0 Å². The van der Waals surface area contributed by atoms with Gasteiger partial charge in [0.15, 0.2) is 0 Å². The van der Waals surface area contributed by atoms with Crippen molar-refractivity contribution in [3.05, 3.63) is 71.0 Å². The predicted molar refractivity (Wildman–Crippen MR) is 96.5 cm³/mol. The molecular formula is C21H26O2. The number of rotatable bonds is 7. The largest absolute Gasteiger partial charge is 0.501 e. The van der Waals surface area contributed by atoms with Crippen molar-refractivity contribution in [1.82, 2.24) is 0 Å². The molecule has 2 nitrogen and oxygen atoms in total. The lowest BCUT2D eigenvalue weighted by Crippen LogP contribution is -2.02. The second-order valence-corrected chi connectivity index (χ2v) is 6.14. The van der Waals surface area contributed by atoms with Crippen LogP contribution in [0.1, 0.15) is 30.5 Å². The van der Waals surface area contributed by atoms with Gasteiger partial charge in [0.05, 0.1) is 12.9 Å². The smallest absolute Gasteiger partial charge is 0.0913 e. The van der Waals surface area contributed by atoms with E-state index in [1.54, 1.807) is 6.26 Å². The van der Waals surface area contributed by atoms with Crippen molar-refractivity contribution >= 4 is 0 Å². The fraction of sp³-hybridized carbons (Fsp3) is 0.333. The average molecular weight is 310 g/mol. The van der Waals surface area contributed by atoms with E-state index in [1.165, 1.54) is 27.8 Å². The molecule has 0 aliphatic rings. The molecule has 0 saturated carbocycles. The van der Waals surface area contributed by atoms with E-state index in [1.807, 2.05) is 13.8 Å². The van der Waals surface area contributed by atoms with Crippen molar-refractivity contribution in [2.45, 2.75) is 33.6 Å². The minimum absolute atomic E-state index is 0.172. The highest BCUT2D eigenvalue weighted by atomic mass is 16.5. The molecule has 0 aliphatic carbocycles. The van der Waals surface area contributed by atoms with Crippen molar-refractivity contribution in [2.75, 3.05) is 13.2 Å². The Morgan fingerprint density at radius 3 is 2.30 bits per heavy atom. The van der Waals surface area contributed by atoms with E-state index in [0.29, 0.717) is 13.0 Å². The Labute approximate surface area is 139 Å². The first-order chi connectivity index (χ1) is 11.1. The summed E-state index contributed by atoms with van der Waals surface area (Å²) in [6, 6.07) is 15.1. The Bertz CT molecular complexity index is 650. The molecule has 0 unspecified atom stereocenters. The minimum atomic E-state index is 0.172. The molecule has 0 aromatic heterocycles. The van der Waals surface area contributed by atoms with Gasteiger partial charge in [-0.25, -0.2) is 0 Å². The third kappa shape index (κ3) is 5.26. The Balaban J connectivity index is 2.20. The molecular weight excluding hydrogens is 284 g/mol. The van der Waals surface area contributed by atoms with E-state index in [2.05, 4.69) is 49.4 Å². The summed E-state index contributed by atoms with van der Waals surface area (Å²) in [7, 11) is 0. The number of ether oxygens (including phenoxy) is 1. The zero-order valence-electron chi connectivity index (χ0n) is 14.3. The normalized spacial score (nSPS) is 10.4. The molecule has 122 valence electrons. The first-order valence-corrected chi connectivity index (χ1v) is 8.15. The lowest BCUT2D eigenvalue weighted by Gasteiger charge is -2.12. The van der Waals surface area contributed by atoms with Crippen LogP contribution in [0.5, 0.6) is 0 Å². The Morgan fingerprint density at radius 2 is 1.65 bits per heavy atom. The summed E-state index contributed by atoms with van der Waals surface area (Å²) in [6.45, 7) is 6.97. The first kappa shape index (κ1) is 17.3. The molecule has 0 atom stereocenters. The monoisotopic (exact) mass is 310 g/mol. The summed E-state index contributed by atoms with van der Waals surface area (Å²) in [4.78, 5) is 0. The van der Waals surface area contributed by atoms with E-state index in [0.717, 1.165) is 12.0 Å². The highest BCUT2D eigenvalue weighted by Crippen LogP contribution is 2.24. The van der Waals surface area contributed by atoms with Crippen LogP contribution in [-0.2, 0) is 17.6 Å². The number of aliphatic hydroxyl groups excluding tert-OH is 1. The van der Waals surface area contributed by atoms with Crippen LogP contribution in [0, 0.1) is 6.92 Å².